The van der Waals surface area contributed by atoms with Crippen LogP contribution < -0.4 is 10.1 Å². The summed E-state index contributed by atoms with van der Waals surface area (Å²) < 4.78 is 57.7. The fourth-order valence-corrected chi connectivity index (χ4v) is 2.13. The maximum atomic E-state index is 13.3. The molecular formula is C16H15F4NO. The van der Waals surface area contributed by atoms with Crippen molar-refractivity contribution in [1.29, 1.82) is 0 Å². The zero-order chi connectivity index (χ0) is 16.3. The van der Waals surface area contributed by atoms with Gasteiger partial charge in [0.25, 0.3) is 0 Å². The minimum absolute atomic E-state index is 0.0922. The van der Waals surface area contributed by atoms with E-state index in [4.69, 9.17) is 4.74 Å². The van der Waals surface area contributed by atoms with Gasteiger partial charge in [0.2, 0.25) is 0 Å². The predicted molar refractivity (Wildman–Crippen MR) is 74.5 cm³/mol. The molecule has 0 heterocycles. The Morgan fingerprint density at radius 3 is 2.27 bits per heavy atom. The molecule has 0 spiro atoms. The average molecular weight is 313 g/mol. The third-order valence-electron chi connectivity index (χ3n) is 3.31. The fraction of sp³-hybridized carbons (Fsp3) is 0.250. The molecule has 6 heteroatoms. The molecule has 1 unspecified atom stereocenters. The van der Waals surface area contributed by atoms with E-state index in [9.17, 15) is 17.6 Å². The topological polar surface area (TPSA) is 21.3 Å². The lowest BCUT2D eigenvalue weighted by Crippen LogP contribution is -2.19. The lowest BCUT2D eigenvalue weighted by molar-refractivity contribution is 0.399. The van der Waals surface area contributed by atoms with Gasteiger partial charge in [-0.05, 0) is 42.8 Å². The van der Waals surface area contributed by atoms with Crippen LogP contribution in [-0.2, 0) is 6.54 Å². The number of benzene rings is 2. The Labute approximate surface area is 125 Å². The Kier molecular flexibility index (Phi) is 5.03. The van der Waals surface area contributed by atoms with E-state index in [1.165, 1.54) is 25.3 Å². The normalized spacial score (nSPS) is 12.3. The third kappa shape index (κ3) is 3.57. The maximum absolute atomic E-state index is 13.3. The summed E-state index contributed by atoms with van der Waals surface area (Å²) in [4.78, 5) is 0. The first-order valence-corrected chi connectivity index (χ1v) is 6.62. The van der Waals surface area contributed by atoms with Crippen LogP contribution in [0.5, 0.6) is 5.75 Å². The molecule has 0 fully saturated rings. The van der Waals surface area contributed by atoms with E-state index < -0.39 is 23.3 Å². The molecule has 0 saturated carbocycles. The Balaban J connectivity index is 2.13. The summed E-state index contributed by atoms with van der Waals surface area (Å²) in [6, 6.07) is 5.60. The molecule has 0 aliphatic carbocycles. The molecule has 2 nitrogen and oxygen atoms in total. The highest BCUT2D eigenvalue weighted by Gasteiger charge is 2.14. The second-order valence-electron chi connectivity index (χ2n) is 4.86. The minimum Gasteiger partial charge on any atom is -0.496 e. The van der Waals surface area contributed by atoms with Crippen LogP contribution in [-0.4, -0.2) is 7.11 Å². The van der Waals surface area contributed by atoms with Crippen molar-refractivity contribution in [3.8, 4) is 5.75 Å². The van der Waals surface area contributed by atoms with Gasteiger partial charge in [0.1, 0.15) is 11.6 Å². The molecule has 2 rings (SSSR count). The van der Waals surface area contributed by atoms with E-state index in [0.717, 1.165) is 12.1 Å². The second-order valence-corrected chi connectivity index (χ2v) is 4.86. The van der Waals surface area contributed by atoms with Gasteiger partial charge in [0, 0.05) is 18.2 Å². The van der Waals surface area contributed by atoms with Crippen molar-refractivity contribution in [2.24, 2.45) is 0 Å². The highest BCUT2D eigenvalue weighted by molar-refractivity contribution is 5.36. The molecule has 1 atom stereocenters. The molecule has 0 amide bonds. The van der Waals surface area contributed by atoms with E-state index in [1.54, 1.807) is 6.92 Å². The van der Waals surface area contributed by atoms with Crippen molar-refractivity contribution in [2.45, 2.75) is 19.5 Å². The first-order valence-electron chi connectivity index (χ1n) is 6.62. The monoisotopic (exact) mass is 313 g/mol. The number of hydrogen-bond donors (Lipinski definition) is 1. The second kappa shape index (κ2) is 6.79. The summed E-state index contributed by atoms with van der Waals surface area (Å²) in [5.74, 6) is -3.90. The van der Waals surface area contributed by atoms with Crippen LogP contribution in [0.3, 0.4) is 0 Å². The van der Waals surface area contributed by atoms with Crippen molar-refractivity contribution in [3.63, 3.8) is 0 Å². The SMILES string of the molecule is COc1ccc(F)cc1C(C)NCc1cc(F)c(F)c(F)c1. The molecule has 0 saturated heterocycles. The van der Waals surface area contributed by atoms with Crippen LogP contribution in [0, 0.1) is 23.3 Å². The molecule has 22 heavy (non-hydrogen) atoms. The molecule has 118 valence electrons. The summed E-state index contributed by atoms with van der Waals surface area (Å²) in [5.41, 5.74) is 0.823. The van der Waals surface area contributed by atoms with E-state index in [-0.39, 0.29) is 18.2 Å². The van der Waals surface area contributed by atoms with Crippen LogP contribution in [0.4, 0.5) is 17.6 Å². The summed E-state index contributed by atoms with van der Waals surface area (Å²) in [6.45, 7) is 1.85. The van der Waals surface area contributed by atoms with Gasteiger partial charge in [-0.25, -0.2) is 17.6 Å². The first-order chi connectivity index (χ1) is 10.4. The standard InChI is InChI=1S/C16H15F4NO/c1-9(12-7-11(17)3-4-15(12)22-2)21-8-10-5-13(18)16(20)14(19)6-10/h3-7,9,21H,8H2,1-2H3. The molecule has 2 aromatic rings. The number of rotatable bonds is 5. The van der Waals surface area contributed by atoms with Gasteiger partial charge in [-0.3, -0.25) is 0 Å². The van der Waals surface area contributed by atoms with Gasteiger partial charge >= 0.3 is 0 Å². The molecule has 0 aliphatic heterocycles. The lowest BCUT2D eigenvalue weighted by atomic mass is 10.1. The Hall–Kier alpha value is -2.08. The number of ether oxygens (including phenoxy) is 1. The van der Waals surface area contributed by atoms with Crippen molar-refractivity contribution >= 4 is 0 Å². The van der Waals surface area contributed by atoms with E-state index in [1.807, 2.05) is 0 Å². The van der Waals surface area contributed by atoms with E-state index >= 15 is 0 Å². The van der Waals surface area contributed by atoms with Gasteiger partial charge in [0.05, 0.1) is 7.11 Å². The van der Waals surface area contributed by atoms with Crippen molar-refractivity contribution < 1.29 is 22.3 Å². The zero-order valence-corrected chi connectivity index (χ0v) is 12.1. The highest BCUT2D eigenvalue weighted by atomic mass is 19.2. The highest BCUT2D eigenvalue weighted by Crippen LogP contribution is 2.26. The van der Waals surface area contributed by atoms with Gasteiger partial charge in [-0.1, -0.05) is 0 Å². The number of nitrogens with one attached hydrogen (secondary N) is 1. The maximum Gasteiger partial charge on any atom is 0.194 e. The average Bonchev–Trinajstić information content (AvgIpc) is 2.50. The minimum atomic E-state index is -1.50. The molecule has 0 bridgehead atoms. The quantitative estimate of drug-likeness (QED) is 0.663. The summed E-state index contributed by atoms with van der Waals surface area (Å²) in [6.07, 6.45) is 0. The molecule has 0 radical (unpaired) electrons. The van der Waals surface area contributed by atoms with E-state index in [0.29, 0.717) is 11.3 Å². The molecule has 1 N–H and O–H groups in total. The van der Waals surface area contributed by atoms with Crippen LogP contribution >= 0.6 is 0 Å². The predicted octanol–water partition coefficient (Wildman–Crippen LogP) is 4.10. The van der Waals surface area contributed by atoms with Gasteiger partial charge in [0.15, 0.2) is 17.5 Å². The molecule has 0 aromatic heterocycles. The largest absolute Gasteiger partial charge is 0.496 e. The summed E-state index contributed by atoms with van der Waals surface area (Å²) in [7, 11) is 1.47. The van der Waals surface area contributed by atoms with Crippen molar-refractivity contribution in [2.75, 3.05) is 7.11 Å². The van der Waals surface area contributed by atoms with Crippen molar-refractivity contribution in [1.82, 2.24) is 5.32 Å². The Morgan fingerprint density at radius 2 is 1.68 bits per heavy atom. The summed E-state index contributed by atoms with van der Waals surface area (Å²) >= 11 is 0. The number of hydrogen-bond acceptors (Lipinski definition) is 2. The van der Waals surface area contributed by atoms with Gasteiger partial charge in [-0.15, -0.1) is 0 Å². The fourth-order valence-electron chi connectivity index (χ4n) is 2.13. The smallest absolute Gasteiger partial charge is 0.194 e. The van der Waals surface area contributed by atoms with Crippen molar-refractivity contribution in [3.05, 3.63) is 64.7 Å². The Morgan fingerprint density at radius 1 is 1.05 bits per heavy atom. The molecule has 2 aromatic carbocycles. The number of methoxy groups -OCH3 is 1. The zero-order valence-electron chi connectivity index (χ0n) is 12.1. The van der Waals surface area contributed by atoms with Gasteiger partial charge < -0.3 is 10.1 Å². The van der Waals surface area contributed by atoms with Crippen LogP contribution in [0.1, 0.15) is 24.1 Å². The van der Waals surface area contributed by atoms with Gasteiger partial charge in [-0.2, -0.15) is 0 Å². The summed E-state index contributed by atoms with van der Waals surface area (Å²) in [5, 5.41) is 2.99. The van der Waals surface area contributed by atoms with Crippen LogP contribution in [0.2, 0.25) is 0 Å². The Bertz CT molecular complexity index is 652. The van der Waals surface area contributed by atoms with Crippen LogP contribution in [0.15, 0.2) is 30.3 Å². The van der Waals surface area contributed by atoms with Crippen LogP contribution in [0.25, 0.3) is 0 Å². The third-order valence-corrected chi connectivity index (χ3v) is 3.31. The first kappa shape index (κ1) is 16.3. The van der Waals surface area contributed by atoms with E-state index in [2.05, 4.69) is 5.32 Å². The molecule has 0 aliphatic rings. The number of halogens is 4. The molecular weight excluding hydrogens is 298 g/mol. The lowest BCUT2D eigenvalue weighted by Gasteiger charge is -2.17.